The van der Waals surface area contributed by atoms with E-state index in [1.54, 1.807) is 11.6 Å². The molecule has 3 rings (SSSR count). The standard InChI is InChI=1S/C26H32N4O2/c1-5-29(6-2)23(17-21-13-9-7-10-14-21)18-27-26(32)25(31)24-19(3)28-30(20(24)4)22-15-11-8-12-16-22/h7-16,23H,5-6,17-18H2,1-4H3,(H,27,32). The molecule has 6 nitrogen and oxygen atoms in total. The third-order valence-corrected chi connectivity index (χ3v) is 5.87. The number of aromatic nitrogens is 2. The molecule has 0 bridgehead atoms. The molecule has 1 aromatic heterocycles. The van der Waals surface area contributed by atoms with E-state index in [2.05, 4.69) is 41.3 Å². The number of carbonyl (C=O) groups excluding carboxylic acids is 2. The van der Waals surface area contributed by atoms with E-state index in [4.69, 9.17) is 0 Å². The summed E-state index contributed by atoms with van der Waals surface area (Å²) in [6.07, 6.45) is 0.807. The summed E-state index contributed by atoms with van der Waals surface area (Å²) in [5.74, 6) is -1.13. The normalized spacial score (nSPS) is 12.0. The zero-order chi connectivity index (χ0) is 23.1. The third-order valence-electron chi connectivity index (χ3n) is 5.87. The fourth-order valence-corrected chi connectivity index (χ4v) is 4.15. The second kappa shape index (κ2) is 10.9. The lowest BCUT2D eigenvalue weighted by molar-refractivity contribution is -0.117. The van der Waals surface area contributed by atoms with Gasteiger partial charge < -0.3 is 5.32 Å². The van der Waals surface area contributed by atoms with Gasteiger partial charge in [0.25, 0.3) is 11.7 Å². The summed E-state index contributed by atoms with van der Waals surface area (Å²) in [4.78, 5) is 28.2. The number of carbonyl (C=O) groups is 2. The molecule has 2 aromatic carbocycles. The fourth-order valence-electron chi connectivity index (χ4n) is 4.15. The van der Waals surface area contributed by atoms with Gasteiger partial charge in [0.2, 0.25) is 0 Å². The lowest BCUT2D eigenvalue weighted by Crippen LogP contribution is -2.46. The molecule has 1 N–H and O–H groups in total. The van der Waals surface area contributed by atoms with Gasteiger partial charge in [-0.2, -0.15) is 5.10 Å². The molecule has 6 heteroatoms. The van der Waals surface area contributed by atoms with Crippen molar-refractivity contribution in [2.24, 2.45) is 0 Å². The average molecular weight is 433 g/mol. The summed E-state index contributed by atoms with van der Waals surface area (Å²) in [6.45, 7) is 9.97. The predicted octanol–water partition coefficient (Wildman–Crippen LogP) is 3.74. The van der Waals surface area contributed by atoms with Gasteiger partial charge in [-0.15, -0.1) is 0 Å². The second-order valence-corrected chi connectivity index (χ2v) is 7.90. The first-order valence-electron chi connectivity index (χ1n) is 11.2. The van der Waals surface area contributed by atoms with E-state index in [9.17, 15) is 9.59 Å². The van der Waals surface area contributed by atoms with Crippen LogP contribution in [0.5, 0.6) is 0 Å². The predicted molar refractivity (Wildman–Crippen MR) is 127 cm³/mol. The van der Waals surface area contributed by atoms with Gasteiger partial charge in [-0.25, -0.2) is 4.68 Å². The highest BCUT2D eigenvalue weighted by Gasteiger charge is 2.26. The maximum atomic E-state index is 13.0. The van der Waals surface area contributed by atoms with Crippen LogP contribution < -0.4 is 5.32 Å². The van der Waals surface area contributed by atoms with Gasteiger partial charge >= 0.3 is 0 Å². The van der Waals surface area contributed by atoms with Crippen molar-refractivity contribution in [1.29, 1.82) is 0 Å². The quantitative estimate of drug-likeness (QED) is 0.391. The molecule has 1 unspecified atom stereocenters. The van der Waals surface area contributed by atoms with Gasteiger partial charge in [-0.05, 0) is 51.1 Å². The molecule has 0 radical (unpaired) electrons. The summed E-state index contributed by atoms with van der Waals surface area (Å²) in [5, 5.41) is 7.38. The van der Waals surface area contributed by atoms with Crippen LogP contribution in [0.4, 0.5) is 0 Å². The molecule has 0 spiro atoms. The van der Waals surface area contributed by atoms with Crippen molar-refractivity contribution < 1.29 is 9.59 Å². The SMILES string of the molecule is CCN(CC)C(CNC(=O)C(=O)c1c(C)nn(-c2ccccc2)c1C)Cc1ccccc1. The van der Waals surface area contributed by atoms with Crippen LogP contribution in [-0.2, 0) is 11.2 Å². The Morgan fingerprint density at radius 2 is 1.56 bits per heavy atom. The van der Waals surface area contributed by atoms with Crippen molar-refractivity contribution in [3.8, 4) is 5.69 Å². The number of aryl methyl sites for hydroxylation is 1. The maximum Gasteiger partial charge on any atom is 0.292 e. The number of Topliss-reactive ketones (excluding diaryl/α,β-unsaturated/α-hetero) is 1. The molecule has 32 heavy (non-hydrogen) atoms. The molecule has 0 saturated carbocycles. The smallest absolute Gasteiger partial charge is 0.292 e. The molecule has 3 aromatic rings. The minimum atomic E-state index is -0.589. The summed E-state index contributed by atoms with van der Waals surface area (Å²) >= 11 is 0. The zero-order valence-corrected chi connectivity index (χ0v) is 19.3. The lowest BCUT2D eigenvalue weighted by atomic mass is 10.0. The number of ketones is 1. The Morgan fingerprint density at radius 1 is 0.969 bits per heavy atom. The Kier molecular flexibility index (Phi) is 7.95. The number of nitrogens with one attached hydrogen (secondary N) is 1. The van der Waals surface area contributed by atoms with Crippen LogP contribution in [0.15, 0.2) is 60.7 Å². The largest absolute Gasteiger partial charge is 0.348 e. The molecular formula is C26H32N4O2. The van der Waals surface area contributed by atoms with Gasteiger partial charge in [0, 0.05) is 12.6 Å². The highest BCUT2D eigenvalue weighted by Crippen LogP contribution is 2.18. The molecule has 0 aliphatic carbocycles. The van der Waals surface area contributed by atoms with Crippen molar-refractivity contribution in [2.75, 3.05) is 19.6 Å². The first-order valence-corrected chi connectivity index (χ1v) is 11.2. The fraction of sp³-hybridized carbons (Fsp3) is 0.346. The number of benzene rings is 2. The van der Waals surface area contributed by atoms with E-state index in [-0.39, 0.29) is 6.04 Å². The highest BCUT2D eigenvalue weighted by atomic mass is 16.2. The Morgan fingerprint density at radius 3 is 2.16 bits per heavy atom. The van der Waals surface area contributed by atoms with E-state index in [0.29, 0.717) is 23.5 Å². The lowest BCUT2D eigenvalue weighted by Gasteiger charge is -2.30. The molecule has 0 saturated heterocycles. The van der Waals surface area contributed by atoms with Crippen LogP contribution >= 0.6 is 0 Å². The van der Waals surface area contributed by atoms with Gasteiger partial charge in [0.1, 0.15) is 0 Å². The minimum absolute atomic E-state index is 0.110. The van der Waals surface area contributed by atoms with Crippen molar-refractivity contribution in [3.63, 3.8) is 0 Å². The highest BCUT2D eigenvalue weighted by molar-refractivity contribution is 6.43. The molecule has 0 fully saturated rings. The third kappa shape index (κ3) is 5.32. The summed E-state index contributed by atoms with van der Waals surface area (Å²) in [7, 11) is 0. The van der Waals surface area contributed by atoms with E-state index >= 15 is 0 Å². The number of amides is 1. The van der Waals surface area contributed by atoms with Gasteiger partial charge in [0.15, 0.2) is 0 Å². The van der Waals surface area contributed by atoms with Crippen molar-refractivity contribution in [2.45, 2.75) is 40.2 Å². The Hall–Kier alpha value is -3.25. The van der Waals surface area contributed by atoms with Crippen LogP contribution in [0.25, 0.3) is 5.69 Å². The number of hydrogen-bond donors (Lipinski definition) is 1. The Bertz CT molecular complexity index is 1040. The number of hydrogen-bond acceptors (Lipinski definition) is 4. The van der Waals surface area contributed by atoms with Crippen LogP contribution in [0.3, 0.4) is 0 Å². The van der Waals surface area contributed by atoms with Crippen LogP contribution in [-0.4, -0.2) is 52.0 Å². The molecule has 1 amide bonds. The molecular weight excluding hydrogens is 400 g/mol. The second-order valence-electron chi connectivity index (χ2n) is 7.90. The first-order chi connectivity index (χ1) is 15.5. The average Bonchev–Trinajstić information content (AvgIpc) is 3.12. The van der Waals surface area contributed by atoms with Gasteiger partial charge in [-0.1, -0.05) is 62.4 Å². The minimum Gasteiger partial charge on any atom is -0.348 e. The van der Waals surface area contributed by atoms with Crippen LogP contribution in [0.1, 0.15) is 41.2 Å². The van der Waals surface area contributed by atoms with Gasteiger partial charge in [0.05, 0.1) is 22.6 Å². The zero-order valence-electron chi connectivity index (χ0n) is 19.3. The number of likely N-dealkylation sites (N-methyl/N-ethyl adjacent to an activating group) is 1. The Labute approximate surface area is 190 Å². The monoisotopic (exact) mass is 432 g/mol. The topological polar surface area (TPSA) is 67.2 Å². The van der Waals surface area contributed by atoms with Crippen molar-refractivity contribution in [1.82, 2.24) is 20.0 Å². The van der Waals surface area contributed by atoms with Crippen molar-refractivity contribution >= 4 is 11.7 Å². The van der Waals surface area contributed by atoms with Crippen LogP contribution in [0.2, 0.25) is 0 Å². The molecule has 0 aliphatic rings. The van der Waals surface area contributed by atoms with E-state index < -0.39 is 11.7 Å². The van der Waals surface area contributed by atoms with Crippen LogP contribution in [0, 0.1) is 13.8 Å². The Balaban J connectivity index is 1.74. The summed E-state index contributed by atoms with van der Waals surface area (Å²) in [5.41, 5.74) is 3.65. The van der Waals surface area contributed by atoms with Crippen molar-refractivity contribution in [3.05, 3.63) is 83.2 Å². The van der Waals surface area contributed by atoms with E-state index in [0.717, 1.165) is 25.2 Å². The van der Waals surface area contributed by atoms with Gasteiger partial charge in [-0.3, -0.25) is 14.5 Å². The molecule has 1 heterocycles. The van der Waals surface area contributed by atoms with E-state index in [1.807, 2.05) is 55.5 Å². The number of rotatable bonds is 10. The maximum absolute atomic E-state index is 13.0. The number of para-hydroxylation sites is 1. The number of nitrogens with zero attached hydrogens (tertiary/aromatic N) is 3. The van der Waals surface area contributed by atoms with E-state index in [1.165, 1.54) is 5.56 Å². The first kappa shape index (κ1) is 23.4. The summed E-state index contributed by atoms with van der Waals surface area (Å²) < 4.78 is 1.71. The molecule has 0 aliphatic heterocycles. The summed E-state index contributed by atoms with van der Waals surface area (Å²) in [6, 6.07) is 19.9. The molecule has 1 atom stereocenters. The molecule has 168 valence electrons.